The molecule has 0 fully saturated rings. The predicted molar refractivity (Wildman–Crippen MR) is 137 cm³/mol. The van der Waals surface area contributed by atoms with Crippen molar-refractivity contribution < 1.29 is 23.9 Å². The lowest BCUT2D eigenvalue weighted by Gasteiger charge is -2.15. The van der Waals surface area contributed by atoms with E-state index in [0.717, 1.165) is 10.5 Å². The summed E-state index contributed by atoms with van der Waals surface area (Å²) in [6.07, 6.45) is 0. The van der Waals surface area contributed by atoms with Gasteiger partial charge in [0.25, 0.3) is 17.7 Å². The second-order valence-electron chi connectivity index (χ2n) is 7.88. The van der Waals surface area contributed by atoms with Crippen LogP contribution < -0.4 is 15.5 Å². The monoisotopic (exact) mass is 503 g/mol. The van der Waals surface area contributed by atoms with E-state index in [2.05, 4.69) is 10.6 Å². The zero-order valence-electron chi connectivity index (χ0n) is 19.5. The molecule has 0 unspecified atom stereocenters. The van der Waals surface area contributed by atoms with Gasteiger partial charge in [-0.25, -0.2) is 9.69 Å². The molecule has 3 aromatic rings. The fraction of sp³-hybridized carbons (Fsp3) is 0.111. The van der Waals surface area contributed by atoms with Crippen molar-refractivity contribution in [2.75, 3.05) is 22.1 Å². The summed E-state index contributed by atoms with van der Waals surface area (Å²) < 4.78 is 4.95. The van der Waals surface area contributed by atoms with E-state index in [1.807, 2.05) is 25.1 Å². The van der Waals surface area contributed by atoms with Crippen LogP contribution in [0.25, 0.3) is 0 Å². The number of para-hydroxylation sites is 1. The zero-order valence-corrected chi connectivity index (χ0v) is 20.3. The second kappa shape index (κ2) is 10.5. The maximum Gasteiger partial charge on any atom is 0.338 e. The normalized spacial score (nSPS) is 13.1. The standard InChI is InChI=1S/C27H22ClN3O5/c1-3-36-27(35)17-11-13-20(14-12-17)31-25(33)22(28)23(26(31)34)29-19-9-6-8-18(15-19)24(32)30-21-10-5-4-7-16(21)2/h4-15,29H,3H2,1-2H3,(H,30,32). The quantitative estimate of drug-likeness (QED) is 0.352. The number of nitrogens with zero attached hydrogens (tertiary/aromatic N) is 1. The van der Waals surface area contributed by atoms with Gasteiger partial charge in [0.1, 0.15) is 10.7 Å². The first kappa shape index (κ1) is 24.7. The summed E-state index contributed by atoms with van der Waals surface area (Å²) in [5, 5.41) is 5.44. The first-order valence-electron chi connectivity index (χ1n) is 11.1. The van der Waals surface area contributed by atoms with E-state index in [0.29, 0.717) is 16.9 Å². The average Bonchev–Trinajstić information content (AvgIpc) is 3.08. The van der Waals surface area contributed by atoms with E-state index in [1.54, 1.807) is 37.3 Å². The minimum Gasteiger partial charge on any atom is -0.462 e. The number of amides is 3. The lowest BCUT2D eigenvalue weighted by atomic mass is 10.1. The largest absolute Gasteiger partial charge is 0.462 e. The molecule has 36 heavy (non-hydrogen) atoms. The number of hydrogen-bond donors (Lipinski definition) is 2. The number of hydrogen-bond acceptors (Lipinski definition) is 6. The molecular weight excluding hydrogens is 482 g/mol. The molecule has 4 rings (SSSR count). The summed E-state index contributed by atoms with van der Waals surface area (Å²) in [6.45, 7) is 3.82. The molecule has 0 bridgehead atoms. The molecule has 2 N–H and O–H groups in total. The number of halogens is 1. The van der Waals surface area contributed by atoms with Crippen molar-refractivity contribution in [3.8, 4) is 0 Å². The van der Waals surface area contributed by atoms with Crippen LogP contribution in [-0.2, 0) is 14.3 Å². The van der Waals surface area contributed by atoms with E-state index in [1.165, 1.54) is 24.3 Å². The minimum absolute atomic E-state index is 0.118. The molecule has 182 valence electrons. The first-order chi connectivity index (χ1) is 17.3. The summed E-state index contributed by atoms with van der Waals surface area (Å²) in [5.74, 6) is -2.21. The van der Waals surface area contributed by atoms with Crippen molar-refractivity contribution in [3.05, 3.63) is 100 Å². The van der Waals surface area contributed by atoms with E-state index in [9.17, 15) is 19.2 Å². The predicted octanol–water partition coefficient (Wildman–Crippen LogP) is 4.86. The number of aryl methyl sites for hydroxylation is 1. The molecule has 3 aromatic carbocycles. The Hall–Kier alpha value is -4.43. The molecule has 1 aliphatic heterocycles. The smallest absolute Gasteiger partial charge is 0.338 e. The number of benzene rings is 3. The molecule has 3 amide bonds. The zero-order chi connectivity index (χ0) is 25.8. The Morgan fingerprint density at radius 1 is 0.917 bits per heavy atom. The Morgan fingerprint density at radius 3 is 2.33 bits per heavy atom. The van der Waals surface area contributed by atoms with Crippen molar-refractivity contribution in [1.82, 2.24) is 0 Å². The molecule has 0 saturated carbocycles. The van der Waals surface area contributed by atoms with Crippen LogP contribution in [0.3, 0.4) is 0 Å². The van der Waals surface area contributed by atoms with Crippen molar-refractivity contribution >= 4 is 52.4 Å². The van der Waals surface area contributed by atoms with Crippen LogP contribution in [0, 0.1) is 6.92 Å². The Balaban J connectivity index is 1.51. The highest BCUT2D eigenvalue weighted by Gasteiger charge is 2.39. The van der Waals surface area contributed by atoms with Crippen LogP contribution in [0.1, 0.15) is 33.2 Å². The third kappa shape index (κ3) is 4.99. The molecule has 9 heteroatoms. The molecule has 0 spiro atoms. The molecule has 0 radical (unpaired) electrons. The van der Waals surface area contributed by atoms with Crippen LogP contribution in [0.15, 0.2) is 83.5 Å². The highest BCUT2D eigenvalue weighted by Crippen LogP contribution is 2.30. The van der Waals surface area contributed by atoms with Gasteiger partial charge >= 0.3 is 5.97 Å². The van der Waals surface area contributed by atoms with Crippen molar-refractivity contribution in [2.24, 2.45) is 0 Å². The van der Waals surface area contributed by atoms with E-state index in [-0.39, 0.29) is 34.5 Å². The highest BCUT2D eigenvalue weighted by molar-refractivity contribution is 6.53. The highest BCUT2D eigenvalue weighted by atomic mass is 35.5. The van der Waals surface area contributed by atoms with E-state index >= 15 is 0 Å². The minimum atomic E-state index is -0.707. The number of nitrogens with one attached hydrogen (secondary N) is 2. The van der Waals surface area contributed by atoms with Crippen LogP contribution in [0.4, 0.5) is 17.1 Å². The summed E-state index contributed by atoms with van der Waals surface area (Å²) in [6, 6.07) is 19.7. The number of carbonyl (C=O) groups is 4. The van der Waals surface area contributed by atoms with Crippen LogP contribution in [0.5, 0.6) is 0 Å². The number of esters is 1. The average molecular weight is 504 g/mol. The van der Waals surface area contributed by atoms with E-state index < -0.39 is 17.8 Å². The van der Waals surface area contributed by atoms with Gasteiger partial charge < -0.3 is 15.4 Å². The molecule has 0 saturated heterocycles. The van der Waals surface area contributed by atoms with Crippen molar-refractivity contribution in [1.29, 1.82) is 0 Å². The first-order valence-corrected chi connectivity index (χ1v) is 11.5. The number of imide groups is 1. The molecule has 1 aliphatic rings. The molecule has 8 nitrogen and oxygen atoms in total. The van der Waals surface area contributed by atoms with Gasteiger partial charge in [-0.3, -0.25) is 14.4 Å². The number of ether oxygens (including phenoxy) is 1. The summed E-state index contributed by atoms with van der Waals surface area (Å²) in [5.41, 5.74) is 2.78. The van der Waals surface area contributed by atoms with Gasteiger partial charge in [-0.1, -0.05) is 35.9 Å². The Kier molecular flexibility index (Phi) is 7.17. The van der Waals surface area contributed by atoms with E-state index in [4.69, 9.17) is 16.3 Å². The summed E-state index contributed by atoms with van der Waals surface area (Å²) >= 11 is 6.22. The van der Waals surface area contributed by atoms with Gasteiger partial charge in [0.2, 0.25) is 0 Å². The van der Waals surface area contributed by atoms with Crippen LogP contribution in [-0.4, -0.2) is 30.3 Å². The third-order valence-electron chi connectivity index (χ3n) is 5.45. The number of anilines is 3. The number of rotatable bonds is 7. The lowest BCUT2D eigenvalue weighted by molar-refractivity contribution is -0.120. The molecular formula is C27H22ClN3O5. The number of carbonyl (C=O) groups excluding carboxylic acids is 4. The Morgan fingerprint density at radius 2 is 1.64 bits per heavy atom. The van der Waals surface area contributed by atoms with Crippen molar-refractivity contribution in [2.45, 2.75) is 13.8 Å². The van der Waals surface area contributed by atoms with Crippen LogP contribution in [0.2, 0.25) is 0 Å². The Labute approximate surface area is 212 Å². The van der Waals surface area contributed by atoms with Crippen LogP contribution >= 0.6 is 11.6 Å². The summed E-state index contributed by atoms with van der Waals surface area (Å²) in [4.78, 5) is 51.4. The summed E-state index contributed by atoms with van der Waals surface area (Å²) in [7, 11) is 0. The van der Waals surface area contributed by atoms with Gasteiger partial charge in [0.05, 0.1) is 17.9 Å². The van der Waals surface area contributed by atoms with Gasteiger partial charge in [-0.2, -0.15) is 0 Å². The fourth-order valence-corrected chi connectivity index (χ4v) is 3.81. The van der Waals surface area contributed by atoms with Gasteiger partial charge in [-0.15, -0.1) is 0 Å². The van der Waals surface area contributed by atoms with Crippen molar-refractivity contribution in [3.63, 3.8) is 0 Å². The molecule has 0 aromatic heterocycles. The van der Waals surface area contributed by atoms with Gasteiger partial charge in [0.15, 0.2) is 0 Å². The molecule has 0 atom stereocenters. The molecule has 1 heterocycles. The third-order valence-corrected chi connectivity index (χ3v) is 5.80. The van der Waals surface area contributed by atoms with Gasteiger partial charge in [-0.05, 0) is 67.9 Å². The fourth-order valence-electron chi connectivity index (χ4n) is 3.60. The maximum atomic E-state index is 13.1. The van der Waals surface area contributed by atoms with Gasteiger partial charge in [0, 0.05) is 16.9 Å². The Bertz CT molecular complexity index is 1400. The maximum absolute atomic E-state index is 13.1. The molecule has 0 aliphatic carbocycles. The topological polar surface area (TPSA) is 105 Å². The lowest BCUT2D eigenvalue weighted by Crippen LogP contribution is -2.32. The second-order valence-corrected chi connectivity index (χ2v) is 8.25. The SMILES string of the molecule is CCOC(=O)c1ccc(N2C(=O)C(Cl)=C(Nc3cccc(C(=O)Nc4ccccc4C)c3)C2=O)cc1.